The molecular formula is C27H27FN2O. The zero-order valence-electron chi connectivity index (χ0n) is 17.7. The first kappa shape index (κ1) is 21.0. The standard InChI is InChI=1S/C27H27FN2O/c1-20(18-31-19-21-7-3-2-4-8-21)27-17-29-16-25(30-27)15-23-9-5-6-10-26(23)22-11-13-24(28)14-12-22/h2-14,16,20,29H,15,17-19H2,1H3. The Hall–Kier alpha value is -3.24. The van der Waals surface area contributed by atoms with Gasteiger partial charge in [0.25, 0.3) is 0 Å². The van der Waals surface area contributed by atoms with Crippen LogP contribution in [0.2, 0.25) is 0 Å². The second-order valence-corrected chi connectivity index (χ2v) is 7.86. The summed E-state index contributed by atoms with van der Waals surface area (Å²) in [6, 6.07) is 25.1. The number of rotatable bonds is 8. The van der Waals surface area contributed by atoms with E-state index in [1.165, 1.54) is 23.3 Å². The molecule has 0 bridgehead atoms. The van der Waals surface area contributed by atoms with E-state index in [0.717, 1.165) is 29.1 Å². The Labute approximate surface area is 183 Å². The largest absolute Gasteiger partial charge is 0.384 e. The molecule has 1 aliphatic heterocycles. The molecular weight excluding hydrogens is 387 g/mol. The lowest BCUT2D eigenvalue weighted by Gasteiger charge is -2.20. The topological polar surface area (TPSA) is 33.6 Å². The number of allylic oxidation sites excluding steroid dienone is 1. The molecule has 158 valence electrons. The van der Waals surface area contributed by atoms with Crippen LogP contribution in [0, 0.1) is 11.7 Å². The van der Waals surface area contributed by atoms with E-state index in [4.69, 9.17) is 9.73 Å². The van der Waals surface area contributed by atoms with Crippen LogP contribution in [-0.2, 0) is 17.8 Å². The van der Waals surface area contributed by atoms with E-state index in [1.807, 2.05) is 48.7 Å². The number of aliphatic imine (C=N–C) groups is 1. The first-order valence-corrected chi connectivity index (χ1v) is 10.6. The van der Waals surface area contributed by atoms with Gasteiger partial charge in [-0.05, 0) is 34.4 Å². The van der Waals surface area contributed by atoms with Crippen LogP contribution < -0.4 is 5.32 Å². The fourth-order valence-electron chi connectivity index (χ4n) is 3.71. The lowest BCUT2D eigenvalue weighted by molar-refractivity contribution is 0.108. The lowest BCUT2D eigenvalue weighted by atomic mass is 9.96. The highest BCUT2D eigenvalue weighted by molar-refractivity contribution is 5.90. The molecule has 0 saturated carbocycles. The summed E-state index contributed by atoms with van der Waals surface area (Å²) in [4.78, 5) is 4.93. The molecule has 3 nitrogen and oxygen atoms in total. The van der Waals surface area contributed by atoms with Crippen molar-refractivity contribution in [3.05, 3.63) is 108 Å². The van der Waals surface area contributed by atoms with E-state index >= 15 is 0 Å². The molecule has 1 aliphatic rings. The number of halogens is 1. The molecule has 4 heteroatoms. The minimum absolute atomic E-state index is 0.224. The summed E-state index contributed by atoms with van der Waals surface area (Å²) in [7, 11) is 0. The molecule has 0 radical (unpaired) electrons. The molecule has 0 aliphatic carbocycles. The van der Waals surface area contributed by atoms with Gasteiger partial charge in [0.15, 0.2) is 0 Å². The quantitative estimate of drug-likeness (QED) is 0.507. The van der Waals surface area contributed by atoms with Gasteiger partial charge in [0.05, 0.1) is 25.5 Å². The van der Waals surface area contributed by atoms with E-state index in [1.54, 1.807) is 0 Å². The second-order valence-electron chi connectivity index (χ2n) is 7.86. The fraction of sp³-hybridized carbons (Fsp3) is 0.222. The van der Waals surface area contributed by atoms with Gasteiger partial charge in [-0.3, -0.25) is 4.99 Å². The van der Waals surface area contributed by atoms with Crippen molar-refractivity contribution in [3.8, 4) is 11.1 Å². The van der Waals surface area contributed by atoms with Gasteiger partial charge in [0, 0.05) is 24.3 Å². The van der Waals surface area contributed by atoms with Gasteiger partial charge in [-0.2, -0.15) is 0 Å². The van der Waals surface area contributed by atoms with E-state index in [-0.39, 0.29) is 11.7 Å². The van der Waals surface area contributed by atoms with Gasteiger partial charge in [-0.1, -0.05) is 73.7 Å². The van der Waals surface area contributed by atoms with Crippen LogP contribution >= 0.6 is 0 Å². The van der Waals surface area contributed by atoms with E-state index < -0.39 is 0 Å². The molecule has 1 N–H and O–H groups in total. The molecule has 3 aromatic rings. The summed E-state index contributed by atoms with van der Waals surface area (Å²) in [6.07, 6.45) is 2.70. The van der Waals surface area contributed by atoms with Crippen LogP contribution in [0.3, 0.4) is 0 Å². The molecule has 1 atom stereocenters. The zero-order chi connectivity index (χ0) is 21.5. The van der Waals surface area contributed by atoms with Crippen molar-refractivity contribution >= 4 is 5.71 Å². The Balaban J connectivity index is 1.41. The van der Waals surface area contributed by atoms with Gasteiger partial charge in [0.2, 0.25) is 0 Å². The minimum Gasteiger partial charge on any atom is -0.384 e. The molecule has 0 amide bonds. The van der Waals surface area contributed by atoms with E-state index in [0.29, 0.717) is 19.6 Å². The number of benzene rings is 3. The predicted molar refractivity (Wildman–Crippen MR) is 124 cm³/mol. The Morgan fingerprint density at radius 2 is 1.71 bits per heavy atom. The van der Waals surface area contributed by atoms with Crippen LogP contribution in [-0.4, -0.2) is 18.9 Å². The highest BCUT2D eigenvalue weighted by Gasteiger charge is 2.16. The van der Waals surface area contributed by atoms with Crippen molar-refractivity contribution in [1.82, 2.24) is 5.32 Å². The molecule has 1 unspecified atom stereocenters. The van der Waals surface area contributed by atoms with Crippen molar-refractivity contribution in [2.75, 3.05) is 13.2 Å². The van der Waals surface area contributed by atoms with E-state index in [2.05, 4.69) is 36.5 Å². The monoisotopic (exact) mass is 414 g/mol. The number of nitrogens with zero attached hydrogens (tertiary/aromatic N) is 1. The van der Waals surface area contributed by atoms with Gasteiger partial charge in [-0.15, -0.1) is 0 Å². The summed E-state index contributed by atoms with van der Waals surface area (Å²) in [6.45, 7) is 4.13. The highest BCUT2D eigenvalue weighted by atomic mass is 19.1. The average molecular weight is 415 g/mol. The maximum absolute atomic E-state index is 13.3. The van der Waals surface area contributed by atoms with Crippen LogP contribution in [0.4, 0.5) is 4.39 Å². The molecule has 0 fully saturated rings. The normalized spacial score (nSPS) is 14.4. The van der Waals surface area contributed by atoms with Crippen LogP contribution in [0.15, 0.2) is 95.8 Å². The second kappa shape index (κ2) is 10.2. The van der Waals surface area contributed by atoms with Gasteiger partial charge in [-0.25, -0.2) is 4.39 Å². The van der Waals surface area contributed by atoms with Gasteiger partial charge in [0.1, 0.15) is 5.82 Å². The van der Waals surface area contributed by atoms with Crippen LogP contribution in [0.5, 0.6) is 0 Å². The Morgan fingerprint density at radius 3 is 2.52 bits per heavy atom. The van der Waals surface area contributed by atoms with Crippen molar-refractivity contribution in [2.24, 2.45) is 10.9 Å². The van der Waals surface area contributed by atoms with Crippen molar-refractivity contribution in [2.45, 2.75) is 20.0 Å². The highest BCUT2D eigenvalue weighted by Crippen LogP contribution is 2.26. The zero-order valence-corrected chi connectivity index (χ0v) is 17.7. The summed E-state index contributed by atoms with van der Waals surface area (Å²) < 4.78 is 19.3. The molecule has 3 aromatic carbocycles. The Bertz CT molecular complexity index is 1060. The molecule has 1 heterocycles. The maximum atomic E-state index is 13.3. The summed E-state index contributed by atoms with van der Waals surface area (Å²) in [5, 5.41) is 3.36. The lowest BCUT2D eigenvalue weighted by Crippen LogP contribution is -2.30. The third-order valence-corrected chi connectivity index (χ3v) is 5.43. The SMILES string of the molecule is CC(COCc1ccccc1)C1=NC(Cc2ccccc2-c2ccc(F)cc2)=CNC1. The first-order valence-electron chi connectivity index (χ1n) is 10.6. The smallest absolute Gasteiger partial charge is 0.123 e. The third-order valence-electron chi connectivity index (χ3n) is 5.43. The van der Waals surface area contributed by atoms with Crippen molar-refractivity contribution < 1.29 is 9.13 Å². The molecule has 0 saturated heterocycles. The Kier molecular flexibility index (Phi) is 6.90. The van der Waals surface area contributed by atoms with E-state index in [9.17, 15) is 4.39 Å². The average Bonchev–Trinajstić information content (AvgIpc) is 2.81. The van der Waals surface area contributed by atoms with Gasteiger partial charge < -0.3 is 10.1 Å². The fourth-order valence-corrected chi connectivity index (χ4v) is 3.71. The maximum Gasteiger partial charge on any atom is 0.123 e. The van der Waals surface area contributed by atoms with Crippen molar-refractivity contribution in [3.63, 3.8) is 0 Å². The molecule has 4 rings (SSSR count). The summed E-state index contributed by atoms with van der Waals surface area (Å²) in [5.74, 6) is 0.00499. The van der Waals surface area contributed by atoms with Crippen LogP contribution in [0.1, 0.15) is 18.1 Å². The number of hydrogen-bond donors (Lipinski definition) is 1. The molecule has 0 aromatic heterocycles. The third kappa shape index (κ3) is 5.68. The number of nitrogens with one attached hydrogen (secondary N) is 1. The number of ether oxygens (including phenoxy) is 1. The minimum atomic E-state index is -0.224. The van der Waals surface area contributed by atoms with Crippen molar-refractivity contribution in [1.29, 1.82) is 0 Å². The number of hydrogen-bond acceptors (Lipinski definition) is 3. The van der Waals surface area contributed by atoms with Gasteiger partial charge >= 0.3 is 0 Å². The summed E-state index contributed by atoms with van der Waals surface area (Å²) in [5.41, 5.74) is 6.55. The Morgan fingerprint density at radius 1 is 0.968 bits per heavy atom. The molecule has 31 heavy (non-hydrogen) atoms. The predicted octanol–water partition coefficient (Wildman–Crippen LogP) is 5.77. The summed E-state index contributed by atoms with van der Waals surface area (Å²) >= 11 is 0. The first-order chi connectivity index (χ1) is 15.2. The van der Waals surface area contributed by atoms with Crippen LogP contribution in [0.25, 0.3) is 11.1 Å². The molecule has 0 spiro atoms.